The number of benzene rings is 1. The predicted molar refractivity (Wildman–Crippen MR) is 90.0 cm³/mol. The molecule has 6 heteroatoms. The fraction of sp³-hybridized carbons (Fsp3) is 0.389. The fourth-order valence-corrected chi connectivity index (χ4v) is 2.95. The second kappa shape index (κ2) is 7.37. The van der Waals surface area contributed by atoms with E-state index in [0.717, 1.165) is 37.4 Å². The van der Waals surface area contributed by atoms with Gasteiger partial charge < -0.3 is 10.2 Å². The van der Waals surface area contributed by atoms with Crippen LogP contribution in [-0.2, 0) is 6.54 Å². The molecule has 0 spiro atoms. The van der Waals surface area contributed by atoms with Gasteiger partial charge in [-0.05, 0) is 50.1 Å². The van der Waals surface area contributed by atoms with Gasteiger partial charge in [-0.25, -0.2) is 4.39 Å². The van der Waals surface area contributed by atoms with E-state index < -0.39 is 0 Å². The number of anilines is 1. The Morgan fingerprint density at radius 1 is 1.33 bits per heavy atom. The molecule has 0 amide bonds. The summed E-state index contributed by atoms with van der Waals surface area (Å²) in [5.41, 5.74) is 1.91. The molecule has 0 bridgehead atoms. The Kier molecular flexibility index (Phi) is 5.02. The number of rotatable bonds is 4. The van der Waals surface area contributed by atoms with Crippen LogP contribution in [0.3, 0.4) is 0 Å². The fourth-order valence-electron chi connectivity index (χ4n) is 2.95. The minimum atomic E-state index is -0.279. The van der Waals surface area contributed by atoms with Gasteiger partial charge in [-0.1, -0.05) is 0 Å². The smallest absolute Gasteiger partial charge is 0.151 e. The van der Waals surface area contributed by atoms with Crippen molar-refractivity contribution >= 4 is 5.82 Å². The molecular weight excluding hydrogens is 305 g/mol. The first-order chi connectivity index (χ1) is 11.7. The maximum Gasteiger partial charge on any atom is 0.151 e. The third-order valence-electron chi connectivity index (χ3n) is 4.29. The second-order valence-electron chi connectivity index (χ2n) is 6.12. The molecule has 1 aromatic carbocycles. The molecule has 1 saturated heterocycles. The van der Waals surface area contributed by atoms with E-state index >= 15 is 0 Å². The van der Waals surface area contributed by atoms with Crippen LogP contribution in [-0.4, -0.2) is 29.3 Å². The summed E-state index contributed by atoms with van der Waals surface area (Å²) in [7, 11) is 0. The predicted octanol–water partition coefficient (Wildman–Crippen LogP) is 2.55. The third-order valence-corrected chi connectivity index (χ3v) is 4.29. The third kappa shape index (κ3) is 3.87. The van der Waals surface area contributed by atoms with E-state index in [4.69, 9.17) is 5.26 Å². The van der Waals surface area contributed by atoms with Crippen LogP contribution < -0.4 is 10.2 Å². The minimum Gasteiger partial charge on any atom is -0.354 e. The number of aromatic nitrogens is 2. The van der Waals surface area contributed by atoms with Gasteiger partial charge in [-0.2, -0.15) is 10.4 Å². The van der Waals surface area contributed by atoms with Gasteiger partial charge in [-0.15, -0.1) is 5.10 Å². The standard InChI is InChI=1S/C18H20FN5/c1-13-4-7-18(23-22-13)24-8-2-3-16(12-24)21-11-15-9-14(10-20)5-6-17(15)19/h4-7,9,16,21H,2-3,8,11-12H2,1H3/t16-/m1/s1. The zero-order valence-corrected chi connectivity index (χ0v) is 13.7. The normalized spacial score (nSPS) is 17.5. The summed E-state index contributed by atoms with van der Waals surface area (Å²) in [6, 6.07) is 10.7. The average molecular weight is 325 g/mol. The number of hydrogen-bond acceptors (Lipinski definition) is 5. The molecule has 1 fully saturated rings. The molecule has 0 radical (unpaired) electrons. The molecule has 1 aliphatic heterocycles. The topological polar surface area (TPSA) is 64.8 Å². The first kappa shape index (κ1) is 16.3. The van der Waals surface area contributed by atoms with Gasteiger partial charge in [0.05, 0.1) is 17.3 Å². The quantitative estimate of drug-likeness (QED) is 0.936. The molecule has 1 aliphatic rings. The molecule has 1 N–H and O–H groups in total. The van der Waals surface area contributed by atoms with E-state index in [0.29, 0.717) is 17.7 Å². The van der Waals surface area contributed by atoms with Crippen molar-refractivity contribution in [3.05, 3.63) is 53.0 Å². The van der Waals surface area contributed by atoms with E-state index in [2.05, 4.69) is 20.4 Å². The number of halogens is 1. The van der Waals surface area contributed by atoms with E-state index in [1.807, 2.05) is 25.1 Å². The van der Waals surface area contributed by atoms with Gasteiger partial charge in [0.2, 0.25) is 0 Å². The lowest BCUT2D eigenvalue weighted by molar-refractivity contribution is 0.415. The monoisotopic (exact) mass is 325 g/mol. The average Bonchev–Trinajstić information content (AvgIpc) is 2.62. The molecular formula is C18H20FN5. The number of aryl methyl sites for hydroxylation is 1. The summed E-state index contributed by atoms with van der Waals surface area (Å²) in [6.45, 7) is 4.10. The maximum absolute atomic E-state index is 13.9. The maximum atomic E-state index is 13.9. The summed E-state index contributed by atoms with van der Waals surface area (Å²) in [5.74, 6) is 0.600. The molecule has 0 unspecified atom stereocenters. The van der Waals surface area contributed by atoms with Crippen LogP contribution in [0.1, 0.15) is 29.7 Å². The van der Waals surface area contributed by atoms with Crippen LogP contribution in [0.15, 0.2) is 30.3 Å². The summed E-state index contributed by atoms with van der Waals surface area (Å²) in [5, 5.41) is 20.7. The van der Waals surface area contributed by atoms with Crippen molar-refractivity contribution in [2.75, 3.05) is 18.0 Å². The highest BCUT2D eigenvalue weighted by Crippen LogP contribution is 2.18. The van der Waals surface area contributed by atoms with Crippen LogP contribution in [0.4, 0.5) is 10.2 Å². The zero-order valence-electron chi connectivity index (χ0n) is 13.7. The van der Waals surface area contributed by atoms with Crippen LogP contribution in [0, 0.1) is 24.1 Å². The van der Waals surface area contributed by atoms with Gasteiger partial charge in [-0.3, -0.25) is 0 Å². The first-order valence-corrected chi connectivity index (χ1v) is 8.13. The Balaban J connectivity index is 1.62. The number of nitrogens with zero attached hydrogens (tertiary/aromatic N) is 4. The summed E-state index contributed by atoms with van der Waals surface area (Å²) < 4.78 is 13.9. The highest BCUT2D eigenvalue weighted by molar-refractivity contribution is 5.38. The molecule has 124 valence electrons. The molecule has 0 saturated carbocycles. The molecule has 0 aliphatic carbocycles. The highest BCUT2D eigenvalue weighted by Gasteiger charge is 2.21. The Morgan fingerprint density at radius 3 is 2.96 bits per heavy atom. The van der Waals surface area contributed by atoms with E-state index in [9.17, 15) is 4.39 Å². The van der Waals surface area contributed by atoms with Gasteiger partial charge in [0, 0.05) is 31.2 Å². The highest BCUT2D eigenvalue weighted by atomic mass is 19.1. The Hall–Kier alpha value is -2.52. The molecule has 3 rings (SSSR count). The Bertz CT molecular complexity index is 738. The SMILES string of the molecule is Cc1ccc(N2CCC[C@@H](NCc3cc(C#N)ccc3F)C2)nn1. The molecule has 24 heavy (non-hydrogen) atoms. The lowest BCUT2D eigenvalue weighted by Crippen LogP contribution is -2.46. The van der Waals surface area contributed by atoms with E-state index in [-0.39, 0.29) is 11.9 Å². The summed E-state index contributed by atoms with van der Waals surface area (Å²) in [4.78, 5) is 2.20. The summed E-state index contributed by atoms with van der Waals surface area (Å²) in [6.07, 6.45) is 2.09. The first-order valence-electron chi connectivity index (χ1n) is 8.13. The van der Waals surface area contributed by atoms with E-state index in [1.54, 1.807) is 6.07 Å². The second-order valence-corrected chi connectivity index (χ2v) is 6.12. The van der Waals surface area contributed by atoms with Crippen LogP contribution in [0.5, 0.6) is 0 Å². The molecule has 2 aromatic rings. The molecule has 2 heterocycles. The number of nitrogens with one attached hydrogen (secondary N) is 1. The summed E-state index contributed by atoms with van der Waals surface area (Å²) >= 11 is 0. The lowest BCUT2D eigenvalue weighted by Gasteiger charge is -2.33. The van der Waals surface area contributed by atoms with E-state index in [1.165, 1.54) is 12.1 Å². The van der Waals surface area contributed by atoms with Gasteiger partial charge in [0.15, 0.2) is 5.82 Å². The molecule has 5 nitrogen and oxygen atoms in total. The largest absolute Gasteiger partial charge is 0.354 e. The van der Waals surface area contributed by atoms with Crippen molar-refractivity contribution in [3.63, 3.8) is 0 Å². The van der Waals surface area contributed by atoms with Crippen molar-refractivity contribution in [2.24, 2.45) is 0 Å². The Morgan fingerprint density at radius 2 is 2.21 bits per heavy atom. The number of nitriles is 1. The van der Waals surface area contributed by atoms with Crippen molar-refractivity contribution < 1.29 is 4.39 Å². The molecule has 1 aromatic heterocycles. The Labute approximate surface area is 141 Å². The lowest BCUT2D eigenvalue weighted by atomic mass is 10.0. The van der Waals surface area contributed by atoms with Crippen molar-refractivity contribution in [2.45, 2.75) is 32.4 Å². The van der Waals surface area contributed by atoms with Crippen molar-refractivity contribution in [1.29, 1.82) is 5.26 Å². The molecule has 1 atom stereocenters. The van der Waals surface area contributed by atoms with Crippen molar-refractivity contribution in [3.8, 4) is 6.07 Å². The van der Waals surface area contributed by atoms with Gasteiger partial charge >= 0.3 is 0 Å². The van der Waals surface area contributed by atoms with Gasteiger partial charge in [0.1, 0.15) is 5.82 Å². The van der Waals surface area contributed by atoms with Crippen molar-refractivity contribution in [1.82, 2.24) is 15.5 Å². The van der Waals surface area contributed by atoms with Crippen LogP contribution in [0.2, 0.25) is 0 Å². The van der Waals surface area contributed by atoms with Crippen LogP contribution >= 0.6 is 0 Å². The van der Waals surface area contributed by atoms with Gasteiger partial charge in [0.25, 0.3) is 0 Å². The number of hydrogen-bond donors (Lipinski definition) is 1. The minimum absolute atomic E-state index is 0.256. The number of piperidine rings is 1. The zero-order chi connectivity index (χ0) is 16.9. The van der Waals surface area contributed by atoms with Crippen LogP contribution in [0.25, 0.3) is 0 Å².